The van der Waals surface area contributed by atoms with Gasteiger partial charge in [0.2, 0.25) is 9.84 Å². The standard InChI is InChI=1S/C9H12N2O5S/c1-5(2)11-7(8(12)13)4-6(10-11)9(14)17(3,15)16/h4-5H,1-3H3,(H,12,13). The highest BCUT2D eigenvalue weighted by atomic mass is 32.2. The first-order chi connectivity index (χ1) is 7.64. The molecule has 0 saturated carbocycles. The number of carboxylic acid groups (broad SMARTS) is 1. The second-order valence-corrected chi connectivity index (χ2v) is 5.73. The zero-order valence-electron chi connectivity index (χ0n) is 9.54. The van der Waals surface area contributed by atoms with Crippen molar-refractivity contribution < 1.29 is 23.1 Å². The zero-order chi connectivity index (χ0) is 13.4. The molecule has 0 aliphatic rings. The first-order valence-electron chi connectivity index (χ1n) is 4.72. The van der Waals surface area contributed by atoms with E-state index < -0.39 is 20.9 Å². The predicted molar refractivity (Wildman–Crippen MR) is 58.7 cm³/mol. The van der Waals surface area contributed by atoms with Crippen LogP contribution < -0.4 is 0 Å². The summed E-state index contributed by atoms with van der Waals surface area (Å²) >= 11 is 0. The maximum atomic E-state index is 11.4. The number of sulfone groups is 1. The Bertz CT molecular complexity index is 570. The fourth-order valence-electron chi connectivity index (χ4n) is 1.24. The summed E-state index contributed by atoms with van der Waals surface area (Å²) in [4.78, 5) is 22.3. The molecule has 0 aliphatic carbocycles. The van der Waals surface area contributed by atoms with Crippen molar-refractivity contribution >= 4 is 20.9 Å². The topological polar surface area (TPSA) is 106 Å². The fourth-order valence-corrected chi connectivity index (χ4v) is 1.72. The minimum absolute atomic E-state index is 0.216. The summed E-state index contributed by atoms with van der Waals surface area (Å²) in [5.74, 6) is -1.27. The molecule has 17 heavy (non-hydrogen) atoms. The highest BCUT2D eigenvalue weighted by molar-refractivity contribution is 8.06. The van der Waals surface area contributed by atoms with Crippen LogP contribution in [0.2, 0.25) is 0 Å². The molecule has 0 saturated heterocycles. The van der Waals surface area contributed by atoms with Crippen LogP contribution in [0.1, 0.15) is 40.9 Å². The van der Waals surface area contributed by atoms with Gasteiger partial charge in [0.25, 0.3) is 5.12 Å². The number of rotatable bonds is 3. The Balaban J connectivity index is 3.36. The largest absolute Gasteiger partial charge is 0.477 e. The van der Waals surface area contributed by atoms with Crippen LogP contribution in [0.15, 0.2) is 6.07 Å². The summed E-state index contributed by atoms with van der Waals surface area (Å²) in [6, 6.07) is 0.674. The van der Waals surface area contributed by atoms with Gasteiger partial charge in [-0.3, -0.25) is 9.48 Å². The Morgan fingerprint density at radius 3 is 2.24 bits per heavy atom. The minimum Gasteiger partial charge on any atom is -0.477 e. The number of carbonyl (C=O) groups is 2. The van der Waals surface area contributed by atoms with Crippen LogP contribution in [0.3, 0.4) is 0 Å². The van der Waals surface area contributed by atoms with Crippen molar-refractivity contribution in [2.24, 2.45) is 0 Å². The third kappa shape index (κ3) is 2.70. The summed E-state index contributed by atoms with van der Waals surface area (Å²) in [5.41, 5.74) is -0.592. The van der Waals surface area contributed by atoms with Gasteiger partial charge >= 0.3 is 5.97 Å². The van der Waals surface area contributed by atoms with Gasteiger partial charge in [0.05, 0.1) is 0 Å². The van der Waals surface area contributed by atoms with Crippen LogP contribution in [0.25, 0.3) is 0 Å². The molecule has 0 unspecified atom stereocenters. The molecule has 0 aromatic carbocycles. The summed E-state index contributed by atoms with van der Waals surface area (Å²) in [7, 11) is -3.92. The molecule has 1 rings (SSSR count). The molecule has 1 heterocycles. The Hall–Kier alpha value is -1.70. The molecular formula is C9H12N2O5S. The Labute approximate surface area is 98.0 Å². The van der Waals surface area contributed by atoms with E-state index in [9.17, 15) is 18.0 Å². The molecule has 0 bridgehead atoms. The van der Waals surface area contributed by atoms with Gasteiger partial charge in [-0.2, -0.15) is 5.10 Å². The first kappa shape index (κ1) is 13.4. The third-order valence-electron chi connectivity index (χ3n) is 1.99. The smallest absolute Gasteiger partial charge is 0.354 e. The van der Waals surface area contributed by atoms with Gasteiger partial charge in [0, 0.05) is 18.4 Å². The van der Waals surface area contributed by atoms with Gasteiger partial charge < -0.3 is 5.11 Å². The maximum Gasteiger partial charge on any atom is 0.354 e. The lowest BCUT2D eigenvalue weighted by Gasteiger charge is -2.06. The molecule has 1 aromatic heterocycles. The number of aromatic carboxylic acids is 1. The molecule has 0 fully saturated rings. The summed E-state index contributed by atoms with van der Waals surface area (Å²) < 4.78 is 23.2. The predicted octanol–water partition coefficient (Wildman–Crippen LogP) is 0.347. The average Bonchev–Trinajstić information content (AvgIpc) is 2.59. The Morgan fingerprint density at radius 1 is 1.41 bits per heavy atom. The van der Waals surface area contributed by atoms with Gasteiger partial charge in [0.1, 0.15) is 11.4 Å². The van der Waals surface area contributed by atoms with Gasteiger partial charge in [0.15, 0.2) is 0 Å². The molecular weight excluding hydrogens is 248 g/mol. The van der Waals surface area contributed by atoms with Gasteiger partial charge in [-0.05, 0) is 13.8 Å². The zero-order valence-corrected chi connectivity index (χ0v) is 10.4. The average molecular weight is 260 g/mol. The number of nitrogens with zero attached hydrogens (tertiary/aromatic N) is 2. The van der Waals surface area contributed by atoms with E-state index in [2.05, 4.69) is 5.10 Å². The minimum atomic E-state index is -3.92. The van der Waals surface area contributed by atoms with Gasteiger partial charge in [-0.25, -0.2) is 13.2 Å². The van der Waals surface area contributed by atoms with Crippen molar-refractivity contribution in [1.82, 2.24) is 9.78 Å². The molecule has 0 amide bonds. The van der Waals surface area contributed by atoms with Crippen LogP contribution in [-0.2, 0) is 9.84 Å². The van der Waals surface area contributed by atoms with Crippen molar-refractivity contribution in [1.29, 1.82) is 0 Å². The van der Waals surface area contributed by atoms with Crippen LogP contribution in [0.4, 0.5) is 0 Å². The van der Waals surface area contributed by atoms with Gasteiger partial charge in [-0.1, -0.05) is 0 Å². The van der Waals surface area contributed by atoms with Crippen LogP contribution in [-0.4, -0.2) is 40.6 Å². The summed E-state index contributed by atoms with van der Waals surface area (Å²) in [6.45, 7) is 3.35. The normalized spacial score (nSPS) is 11.8. The van der Waals surface area contributed by atoms with Crippen molar-refractivity contribution in [2.75, 3.05) is 6.26 Å². The number of hydrogen-bond acceptors (Lipinski definition) is 5. The SMILES string of the molecule is CC(C)n1nc(C(=O)S(C)(=O)=O)cc1C(=O)O. The second kappa shape index (κ2) is 4.28. The van der Waals surface area contributed by atoms with E-state index in [1.807, 2.05) is 0 Å². The summed E-state index contributed by atoms with van der Waals surface area (Å²) in [6.07, 6.45) is 0.754. The fraction of sp³-hybridized carbons (Fsp3) is 0.444. The number of carbonyl (C=O) groups excluding carboxylic acids is 1. The molecule has 7 nitrogen and oxygen atoms in total. The molecule has 1 aromatic rings. The Kier molecular flexibility index (Phi) is 3.37. The molecule has 0 atom stereocenters. The summed E-state index contributed by atoms with van der Waals surface area (Å²) in [5, 5.41) is 11.4. The monoisotopic (exact) mass is 260 g/mol. The lowest BCUT2D eigenvalue weighted by atomic mass is 10.3. The molecule has 0 aliphatic heterocycles. The van der Waals surface area contributed by atoms with E-state index in [-0.39, 0.29) is 17.4 Å². The Morgan fingerprint density at radius 2 is 1.94 bits per heavy atom. The van der Waals surface area contributed by atoms with Crippen molar-refractivity contribution in [2.45, 2.75) is 19.9 Å². The van der Waals surface area contributed by atoms with E-state index >= 15 is 0 Å². The maximum absolute atomic E-state index is 11.4. The van der Waals surface area contributed by atoms with Crippen LogP contribution in [0, 0.1) is 0 Å². The van der Waals surface area contributed by atoms with E-state index in [1.54, 1.807) is 13.8 Å². The molecule has 8 heteroatoms. The molecule has 0 spiro atoms. The third-order valence-corrected chi connectivity index (χ3v) is 2.87. The van der Waals surface area contributed by atoms with Crippen LogP contribution in [0.5, 0.6) is 0 Å². The van der Waals surface area contributed by atoms with Crippen molar-refractivity contribution in [3.05, 3.63) is 17.5 Å². The molecule has 94 valence electrons. The first-order valence-corrected chi connectivity index (χ1v) is 6.61. The van der Waals surface area contributed by atoms with Crippen LogP contribution >= 0.6 is 0 Å². The van der Waals surface area contributed by atoms with E-state index in [4.69, 9.17) is 5.11 Å². The van der Waals surface area contributed by atoms with Gasteiger partial charge in [-0.15, -0.1) is 0 Å². The lowest BCUT2D eigenvalue weighted by Crippen LogP contribution is -2.15. The highest BCUT2D eigenvalue weighted by Crippen LogP contribution is 2.13. The van der Waals surface area contributed by atoms with E-state index in [1.165, 1.54) is 0 Å². The molecule has 0 radical (unpaired) electrons. The van der Waals surface area contributed by atoms with Crippen molar-refractivity contribution in [3.63, 3.8) is 0 Å². The van der Waals surface area contributed by atoms with Crippen molar-refractivity contribution in [3.8, 4) is 0 Å². The highest BCUT2D eigenvalue weighted by Gasteiger charge is 2.25. The number of hydrogen-bond donors (Lipinski definition) is 1. The second-order valence-electron chi connectivity index (χ2n) is 3.82. The lowest BCUT2D eigenvalue weighted by molar-refractivity contribution is 0.0681. The van der Waals surface area contributed by atoms with E-state index in [0.717, 1.165) is 17.0 Å². The number of aromatic nitrogens is 2. The van der Waals surface area contributed by atoms with E-state index in [0.29, 0.717) is 0 Å². The quantitative estimate of drug-likeness (QED) is 0.840. The number of carboxylic acids is 1. The molecule has 1 N–H and O–H groups in total.